The molecule has 16 heavy (non-hydrogen) atoms. The highest BCUT2D eigenvalue weighted by atomic mass is 15.1. The minimum atomic E-state index is 0.596. The Hall–Kier alpha value is -1.49. The zero-order chi connectivity index (χ0) is 11.5. The van der Waals surface area contributed by atoms with E-state index >= 15 is 0 Å². The van der Waals surface area contributed by atoms with Crippen molar-refractivity contribution in [1.29, 1.82) is 5.26 Å². The van der Waals surface area contributed by atoms with Crippen LogP contribution in [0.4, 0.5) is 5.69 Å². The van der Waals surface area contributed by atoms with Crippen molar-refractivity contribution in [2.75, 3.05) is 18.0 Å². The van der Waals surface area contributed by atoms with E-state index in [-0.39, 0.29) is 0 Å². The van der Waals surface area contributed by atoms with E-state index in [0.29, 0.717) is 12.3 Å². The van der Waals surface area contributed by atoms with E-state index in [4.69, 9.17) is 5.26 Å². The zero-order valence-electron chi connectivity index (χ0n) is 10.0. The molecule has 2 rings (SSSR count). The smallest absolute Gasteiger partial charge is 0.0640 e. The molecule has 0 spiro atoms. The number of hydrogen-bond acceptors (Lipinski definition) is 2. The number of hydrogen-bond donors (Lipinski definition) is 0. The lowest BCUT2D eigenvalue weighted by Gasteiger charge is -2.18. The van der Waals surface area contributed by atoms with E-state index < -0.39 is 0 Å². The molecule has 1 heterocycles. The fourth-order valence-corrected chi connectivity index (χ4v) is 2.27. The number of nitriles is 1. The van der Waals surface area contributed by atoms with Crippen LogP contribution in [0.5, 0.6) is 0 Å². The molecular formula is C14H18N2. The predicted molar refractivity (Wildman–Crippen MR) is 66.7 cm³/mol. The molecule has 0 aliphatic carbocycles. The molecular weight excluding hydrogens is 196 g/mol. The molecule has 0 radical (unpaired) electrons. The molecule has 2 nitrogen and oxygen atoms in total. The topological polar surface area (TPSA) is 27.0 Å². The summed E-state index contributed by atoms with van der Waals surface area (Å²) in [7, 11) is 0. The number of nitrogens with zero attached hydrogens (tertiary/aromatic N) is 2. The van der Waals surface area contributed by atoms with Crippen LogP contribution < -0.4 is 4.90 Å². The Labute approximate surface area is 97.5 Å². The Morgan fingerprint density at radius 2 is 2.25 bits per heavy atom. The summed E-state index contributed by atoms with van der Waals surface area (Å²) < 4.78 is 0. The van der Waals surface area contributed by atoms with Crippen molar-refractivity contribution in [2.45, 2.75) is 32.6 Å². The molecule has 0 saturated heterocycles. The van der Waals surface area contributed by atoms with Crippen molar-refractivity contribution < 1.29 is 0 Å². The number of fused-ring (bicyclic) bond motifs is 1. The molecule has 0 aromatic heterocycles. The monoisotopic (exact) mass is 214 g/mol. The first-order valence-corrected chi connectivity index (χ1v) is 5.97. The fraction of sp³-hybridized carbons (Fsp3) is 0.500. The van der Waals surface area contributed by atoms with Gasteiger partial charge >= 0.3 is 0 Å². The molecule has 0 unspecified atom stereocenters. The molecule has 0 bridgehead atoms. The van der Waals surface area contributed by atoms with Crippen LogP contribution in [0, 0.1) is 11.3 Å². The summed E-state index contributed by atoms with van der Waals surface area (Å²) in [5.74, 6) is 0.596. The Balaban J connectivity index is 2.19. The SMILES string of the molecule is CC(C)c1ccc2c(c1)CCN2CCC#N. The molecule has 0 N–H and O–H groups in total. The van der Waals surface area contributed by atoms with Crippen LogP contribution in [-0.4, -0.2) is 13.1 Å². The van der Waals surface area contributed by atoms with Gasteiger partial charge in [0.15, 0.2) is 0 Å². The van der Waals surface area contributed by atoms with E-state index in [1.807, 2.05) is 0 Å². The predicted octanol–water partition coefficient (Wildman–Crippen LogP) is 3.09. The Morgan fingerprint density at radius 1 is 1.44 bits per heavy atom. The summed E-state index contributed by atoms with van der Waals surface area (Å²) in [6.07, 6.45) is 1.74. The lowest BCUT2D eigenvalue weighted by atomic mass is 10.00. The first-order chi connectivity index (χ1) is 7.72. The lowest BCUT2D eigenvalue weighted by Crippen LogP contribution is -2.21. The maximum absolute atomic E-state index is 8.61. The normalized spacial score (nSPS) is 14.0. The second-order valence-corrected chi connectivity index (χ2v) is 4.69. The van der Waals surface area contributed by atoms with Gasteiger partial charge in [-0.25, -0.2) is 0 Å². The number of benzene rings is 1. The van der Waals surface area contributed by atoms with Gasteiger partial charge in [0, 0.05) is 18.8 Å². The third-order valence-corrected chi connectivity index (χ3v) is 3.26. The lowest BCUT2D eigenvalue weighted by molar-refractivity contribution is 0.831. The van der Waals surface area contributed by atoms with Gasteiger partial charge in [0.1, 0.15) is 0 Å². The average Bonchev–Trinajstić information content (AvgIpc) is 2.68. The third kappa shape index (κ3) is 2.04. The van der Waals surface area contributed by atoms with Crippen molar-refractivity contribution in [1.82, 2.24) is 0 Å². The second kappa shape index (κ2) is 4.57. The first kappa shape index (κ1) is 11.0. The summed E-state index contributed by atoms with van der Waals surface area (Å²) in [6.45, 7) is 6.39. The van der Waals surface area contributed by atoms with Gasteiger partial charge in [-0.15, -0.1) is 0 Å². The van der Waals surface area contributed by atoms with Crippen molar-refractivity contribution in [3.8, 4) is 6.07 Å². The summed E-state index contributed by atoms with van der Waals surface area (Å²) in [6, 6.07) is 8.97. The summed E-state index contributed by atoms with van der Waals surface area (Å²) in [5, 5.41) is 8.61. The summed E-state index contributed by atoms with van der Waals surface area (Å²) in [5.41, 5.74) is 4.20. The van der Waals surface area contributed by atoms with Crippen LogP contribution in [0.1, 0.15) is 37.3 Å². The molecule has 0 amide bonds. The van der Waals surface area contributed by atoms with Gasteiger partial charge in [-0.3, -0.25) is 0 Å². The maximum atomic E-state index is 8.61. The quantitative estimate of drug-likeness (QED) is 0.773. The van der Waals surface area contributed by atoms with Crippen LogP contribution in [-0.2, 0) is 6.42 Å². The third-order valence-electron chi connectivity index (χ3n) is 3.26. The van der Waals surface area contributed by atoms with E-state index in [0.717, 1.165) is 19.5 Å². The van der Waals surface area contributed by atoms with Gasteiger partial charge in [0.25, 0.3) is 0 Å². The van der Waals surface area contributed by atoms with Crippen molar-refractivity contribution in [3.05, 3.63) is 29.3 Å². The highest BCUT2D eigenvalue weighted by Gasteiger charge is 2.18. The van der Waals surface area contributed by atoms with E-state index in [1.165, 1.54) is 16.8 Å². The minimum absolute atomic E-state index is 0.596. The van der Waals surface area contributed by atoms with Gasteiger partial charge in [0.05, 0.1) is 12.5 Å². The van der Waals surface area contributed by atoms with Gasteiger partial charge in [0.2, 0.25) is 0 Å². The van der Waals surface area contributed by atoms with Gasteiger partial charge < -0.3 is 4.90 Å². The van der Waals surface area contributed by atoms with Crippen LogP contribution in [0.25, 0.3) is 0 Å². The van der Waals surface area contributed by atoms with Crippen molar-refractivity contribution >= 4 is 5.69 Å². The van der Waals surface area contributed by atoms with Crippen LogP contribution in [0.2, 0.25) is 0 Å². The van der Waals surface area contributed by atoms with Crippen molar-refractivity contribution in [2.24, 2.45) is 0 Å². The minimum Gasteiger partial charge on any atom is -0.370 e. The Bertz CT molecular complexity index is 415. The fourth-order valence-electron chi connectivity index (χ4n) is 2.27. The molecule has 0 saturated carbocycles. The number of rotatable bonds is 3. The van der Waals surface area contributed by atoms with Crippen molar-refractivity contribution in [3.63, 3.8) is 0 Å². The molecule has 2 heteroatoms. The molecule has 84 valence electrons. The average molecular weight is 214 g/mol. The first-order valence-electron chi connectivity index (χ1n) is 5.97. The highest BCUT2D eigenvalue weighted by Crippen LogP contribution is 2.30. The second-order valence-electron chi connectivity index (χ2n) is 4.69. The molecule has 1 aromatic rings. The molecule has 1 aliphatic rings. The van der Waals surface area contributed by atoms with E-state index in [1.54, 1.807) is 0 Å². The highest BCUT2D eigenvalue weighted by molar-refractivity contribution is 5.59. The molecule has 0 fully saturated rings. The largest absolute Gasteiger partial charge is 0.370 e. The van der Waals surface area contributed by atoms with Gasteiger partial charge in [-0.05, 0) is 29.5 Å². The van der Waals surface area contributed by atoms with Gasteiger partial charge in [-0.2, -0.15) is 5.26 Å². The zero-order valence-corrected chi connectivity index (χ0v) is 10.0. The molecule has 0 atom stereocenters. The Kier molecular flexibility index (Phi) is 3.14. The van der Waals surface area contributed by atoms with E-state index in [9.17, 15) is 0 Å². The number of anilines is 1. The Morgan fingerprint density at radius 3 is 2.94 bits per heavy atom. The molecule has 1 aliphatic heterocycles. The standard InChI is InChI=1S/C14H18N2/c1-11(2)12-4-5-14-13(10-12)6-9-16(14)8-3-7-15/h4-5,10-11H,3,6,8-9H2,1-2H3. The van der Waals surface area contributed by atoms with E-state index in [2.05, 4.69) is 43.0 Å². The summed E-state index contributed by atoms with van der Waals surface area (Å²) >= 11 is 0. The van der Waals surface area contributed by atoms with Crippen LogP contribution in [0.3, 0.4) is 0 Å². The van der Waals surface area contributed by atoms with Crippen LogP contribution in [0.15, 0.2) is 18.2 Å². The maximum Gasteiger partial charge on any atom is 0.0640 e. The summed E-state index contributed by atoms with van der Waals surface area (Å²) in [4.78, 5) is 2.32. The molecule has 1 aromatic carbocycles. The van der Waals surface area contributed by atoms with Crippen LogP contribution >= 0.6 is 0 Å². The van der Waals surface area contributed by atoms with Gasteiger partial charge in [-0.1, -0.05) is 26.0 Å².